The molecule has 7 heteroatoms. The van der Waals surface area contributed by atoms with Crippen LogP contribution in [0.4, 0.5) is 5.69 Å². The van der Waals surface area contributed by atoms with Crippen LogP contribution < -0.4 is 14.4 Å². The third-order valence-corrected chi connectivity index (χ3v) is 6.52. The van der Waals surface area contributed by atoms with Crippen LogP contribution in [0.3, 0.4) is 0 Å². The highest BCUT2D eigenvalue weighted by Crippen LogP contribution is 2.50. The van der Waals surface area contributed by atoms with E-state index in [-0.39, 0.29) is 5.91 Å². The van der Waals surface area contributed by atoms with E-state index >= 15 is 0 Å². The number of ether oxygens (including phenoxy) is 2. The van der Waals surface area contributed by atoms with E-state index in [1.165, 1.54) is 5.69 Å². The fourth-order valence-corrected chi connectivity index (χ4v) is 4.44. The van der Waals surface area contributed by atoms with E-state index in [1.54, 1.807) is 14.2 Å². The smallest absolute Gasteiger partial charge is 0.235 e. The number of methoxy groups -OCH3 is 2. The fourth-order valence-electron chi connectivity index (χ4n) is 4.44. The number of anilines is 1. The molecule has 32 heavy (non-hydrogen) atoms. The summed E-state index contributed by atoms with van der Waals surface area (Å²) in [6.07, 6.45) is 1.62. The molecule has 5 rings (SSSR count). The molecule has 1 aliphatic carbocycles. The number of nitrogens with zero attached hydrogens (tertiary/aromatic N) is 3. The molecule has 166 valence electrons. The van der Waals surface area contributed by atoms with E-state index in [0.717, 1.165) is 50.3 Å². The minimum absolute atomic E-state index is 0.164. The van der Waals surface area contributed by atoms with Gasteiger partial charge in [0, 0.05) is 43.5 Å². The zero-order chi connectivity index (χ0) is 22.1. The van der Waals surface area contributed by atoms with Crippen LogP contribution in [0.25, 0.3) is 11.3 Å². The Morgan fingerprint density at radius 2 is 1.66 bits per heavy atom. The Bertz CT molecular complexity index is 1100. The summed E-state index contributed by atoms with van der Waals surface area (Å²) in [7, 11) is 3.20. The van der Waals surface area contributed by atoms with Crippen molar-refractivity contribution < 1.29 is 18.8 Å². The average Bonchev–Trinajstić information content (AvgIpc) is 3.52. The van der Waals surface area contributed by atoms with E-state index < -0.39 is 5.41 Å². The zero-order valence-corrected chi connectivity index (χ0v) is 18.4. The van der Waals surface area contributed by atoms with Gasteiger partial charge in [-0.3, -0.25) is 4.79 Å². The number of amides is 1. The molecule has 7 nitrogen and oxygen atoms in total. The molecule has 1 aromatic heterocycles. The standard InChI is InChI=1S/C25H27N3O4/c1-30-20-9-8-18(16-22(20)31-2)21-17-23(26-32-21)25(10-11-25)24(29)28-14-12-27(13-15-28)19-6-4-3-5-7-19/h3-9,16-17H,10-15H2,1-2H3. The van der Waals surface area contributed by atoms with E-state index in [4.69, 9.17) is 14.0 Å². The van der Waals surface area contributed by atoms with E-state index in [2.05, 4.69) is 22.2 Å². The molecule has 0 atom stereocenters. The van der Waals surface area contributed by atoms with Gasteiger partial charge in [0.15, 0.2) is 17.3 Å². The number of carbonyl (C=O) groups is 1. The number of para-hydroxylation sites is 1. The lowest BCUT2D eigenvalue weighted by Crippen LogP contribution is -2.51. The van der Waals surface area contributed by atoms with Crippen molar-refractivity contribution in [1.82, 2.24) is 10.1 Å². The second-order valence-corrected chi connectivity index (χ2v) is 8.34. The number of benzene rings is 2. The highest BCUT2D eigenvalue weighted by molar-refractivity contribution is 5.91. The predicted molar refractivity (Wildman–Crippen MR) is 121 cm³/mol. The van der Waals surface area contributed by atoms with Gasteiger partial charge in [-0.2, -0.15) is 0 Å². The molecule has 0 radical (unpaired) electrons. The molecule has 2 fully saturated rings. The first-order chi connectivity index (χ1) is 15.6. The van der Waals surface area contributed by atoms with E-state index in [9.17, 15) is 4.79 Å². The van der Waals surface area contributed by atoms with Crippen LogP contribution in [-0.2, 0) is 10.2 Å². The molecule has 0 N–H and O–H groups in total. The van der Waals surface area contributed by atoms with Crippen LogP contribution in [0.15, 0.2) is 59.1 Å². The Morgan fingerprint density at radius 1 is 0.938 bits per heavy atom. The molecular formula is C25H27N3O4. The van der Waals surface area contributed by atoms with Crippen LogP contribution in [0, 0.1) is 0 Å². The van der Waals surface area contributed by atoms with Crippen molar-refractivity contribution in [1.29, 1.82) is 0 Å². The van der Waals surface area contributed by atoms with Crippen LogP contribution in [0.1, 0.15) is 18.5 Å². The van der Waals surface area contributed by atoms with Gasteiger partial charge in [-0.1, -0.05) is 23.4 Å². The lowest BCUT2D eigenvalue weighted by atomic mass is 9.99. The second-order valence-electron chi connectivity index (χ2n) is 8.34. The van der Waals surface area contributed by atoms with Gasteiger partial charge in [0.05, 0.1) is 25.3 Å². The maximum Gasteiger partial charge on any atom is 0.235 e. The quantitative estimate of drug-likeness (QED) is 0.590. The van der Waals surface area contributed by atoms with E-state index in [0.29, 0.717) is 17.3 Å². The third-order valence-electron chi connectivity index (χ3n) is 6.52. The van der Waals surface area contributed by atoms with Crippen molar-refractivity contribution in [2.45, 2.75) is 18.3 Å². The Morgan fingerprint density at radius 3 is 2.31 bits per heavy atom. The first-order valence-electron chi connectivity index (χ1n) is 10.9. The zero-order valence-electron chi connectivity index (χ0n) is 18.4. The highest BCUT2D eigenvalue weighted by atomic mass is 16.5. The lowest BCUT2D eigenvalue weighted by Gasteiger charge is -2.37. The molecule has 2 heterocycles. The molecule has 2 aliphatic rings. The number of hydrogen-bond acceptors (Lipinski definition) is 6. The van der Waals surface area contributed by atoms with Gasteiger partial charge < -0.3 is 23.8 Å². The number of hydrogen-bond donors (Lipinski definition) is 0. The summed E-state index contributed by atoms with van der Waals surface area (Å²) in [6, 6.07) is 17.8. The van der Waals surface area contributed by atoms with Gasteiger partial charge in [-0.15, -0.1) is 0 Å². The summed E-state index contributed by atoms with van der Waals surface area (Å²) in [5.74, 6) is 2.06. The molecule has 1 aliphatic heterocycles. The van der Waals surface area contributed by atoms with Gasteiger partial charge >= 0.3 is 0 Å². The van der Waals surface area contributed by atoms with Crippen LogP contribution in [0.5, 0.6) is 11.5 Å². The monoisotopic (exact) mass is 433 g/mol. The van der Waals surface area contributed by atoms with Gasteiger partial charge in [0.25, 0.3) is 0 Å². The molecule has 0 spiro atoms. The van der Waals surface area contributed by atoms with Crippen molar-refractivity contribution in [2.24, 2.45) is 0 Å². The van der Waals surface area contributed by atoms with Crippen molar-refractivity contribution in [3.63, 3.8) is 0 Å². The molecule has 2 aromatic carbocycles. The lowest BCUT2D eigenvalue weighted by molar-refractivity contribution is -0.134. The normalized spacial score (nSPS) is 17.2. The van der Waals surface area contributed by atoms with Gasteiger partial charge in [-0.05, 0) is 43.2 Å². The molecule has 1 amide bonds. The van der Waals surface area contributed by atoms with Crippen molar-refractivity contribution in [2.75, 3.05) is 45.3 Å². The first kappa shape index (κ1) is 20.4. The van der Waals surface area contributed by atoms with Crippen molar-refractivity contribution >= 4 is 11.6 Å². The van der Waals surface area contributed by atoms with Gasteiger partial charge in [0.2, 0.25) is 5.91 Å². The van der Waals surface area contributed by atoms with Gasteiger partial charge in [0.1, 0.15) is 0 Å². The largest absolute Gasteiger partial charge is 0.493 e. The number of piperazine rings is 1. The maximum atomic E-state index is 13.4. The minimum atomic E-state index is -0.548. The van der Waals surface area contributed by atoms with Crippen LogP contribution in [0.2, 0.25) is 0 Å². The Kier molecular flexibility index (Phi) is 5.25. The Balaban J connectivity index is 1.30. The minimum Gasteiger partial charge on any atom is -0.493 e. The summed E-state index contributed by atoms with van der Waals surface area (Å²) in [5, 5.41) is 4.30. The predicted octanol–water partition coefficient (Wildman–Crippen LogP) is 3.74. The number of carbonyl (C=O) groups excluding carboxylic acids is 1. The number of rotatable bonds is 6. The second kappa shape index (κ2) is 8.22. The highest BCUT2D eigenvalue weighted by Gasteiger charge is 2.55. The summed E-state index contributed by atoms with van der Waals surface area (Å²) < 4.78 is 16.3. The Hall–Kier alpha value is -3.48. The van der Waals surface area contributed by atoms with Gasteiger partial charge in [-0.25, -0.2) is 0 Å². The molecule has 3 aromatic rings. The topological polar surface area (TPSA) is 68.0 Å². The van der Waals surface area contributed by atoms with Crippen LogP contribution >= 0.6 is 0 Å². The summed E-state index contributed by atoms with van der Waals surface area (Å²) in [4.78, 5) is 17.8. The third kappa shape index (κ3) is 3.57. The van der Waals surface area contributed by atoms with Crippen molar-refractivity contribution in [3.8, 4) is 22.8 Å². The summed E-state index contributed by atoms with van der Waals surface area (Å²) in [6.45, 7) is 3.11. The van der Waals surface area contributed by atoms with Crippen LogP contribution in [-0.4, -0.2) is 56.4 Å². The summed E-state index contributed by atoms with van der Waals surface area (Å²) >= 11 is 0. The molecular weight excluding hydrogens is 406 g/mol. The fraction of sp³-hybridized carbons (Fsp3) is 0.360. The average molecular weight is 434 g/mol. The molecule has 1 saturated heterocycles. The van der Waals surface area contributed by atoms with Crippen molar-refractivity contribution in [3.05, 3.63) is 60.3 Å². The van der Waals surface area contributed by atoms with E-state index in [1.807, 2.05) is 47.4 Å². The maximum absolute atomic E-state index is 13.4. The molecule has 1 saturated carbocycles. The first-order valence-corrected chi connectivity index (χ1v) is 10.9. The molecule has 0 unspecified atom stereocenters. The number of aromatic nitrogens is 1. The summed E-state index contributed by atoms with van der Waals surface area (Å²) in [5.41, 5.74) is 2.21. The Labute approximate surface area is 187 Å². The SMILES string of the molecule is COc1ccc(-c2cc(C3(C(=O)N4CCN(c5ccccc5)CC4)CC3)no2)cc1OC. The molecule has 0 bridgehead atoms.